The highest BCUT2D eigenvalue weighted by Gasteiger charge is 2.11. The van der Waals surface area contributed by atoms with Crippen LogP contribution < -0.4 is 9.47 Å². The maximum Gasteiger partial charge on any atom is 0.175 e. The van der Waals surface area contributed by atoms with E-state index in [1.54, 1.807) is 13.3 Å². The van der Waals surface area contributed by atoms with Gasteiger partial charge in [-0.3, -0.25) is 0 Å². The lowest BCUT2D eigenvalue weighted by Crippen LogP contribution is -2.07. The van der Waals surface area contributed by atoms with Crippen molar-refractivity contribution in [3.63, 3.8) is 0 Å². The first kappa shape index (κ1) is 15.4. The molecule has 108 valence electrons. The number of imidazole rings is 1. The van der Waals surface area contributed by atoms with Crippen LogP contribution in [-0.2, 0) is 18.8 Å². The van der Waals surface area contributed by atoms with Crippen LogP contribution in [0.5, 0.6) is 11.5 Å². The van der Waals surface area contributed by atoms with Crippen molar-refractivity contribution in [3.05, 3.63) is 40.4 Å². The Balaban J connectivity index is 2.07. The molecule has 0 spiro atoms. The van der Waals surface area contributed by atoms with Crippen LogP contribution in [0.1, 0.15) is 11.4 Å². The molecule has 1 aromatic heterocycles. The Bertz CT molecular complexity index is 585. The first-order chi connectivity index (χ1) is 9.65. The summed E-state index contributed by atoms with van der Waals surface area (Å²) < 4.78 is 14.1. The second kappa shape index (κ2) is 7.13. The Morgan fingerprint density at radius 3 is 2.75 bits per heavy atom. The molecule has 0 fully saturated rings. The zero-order valence-corrected chi connectivity index (χ0v) is 14.6. The first-order valence-corrected chi connectivity index (χ1v) is 8.08. The van der Waals surface area contributed by atoms with E-state index in [1.165, 1.54) is 0 Å². The monoisotopic (exact) mass is 402 g/mol. The van der Waals surface area contributed by atoms with Crippen molar-refractivity contribution in [3.8, 4) is 11.5 Å². The van der Waals surface area contributed by atoms with Crippen LogP contribution >= 0.6 is 31.9 Å². The van der Waals surface area contributed by atoms with Crippen LogP contribution in [-0.4, -0.2) is 23.3 Å². The maximum atomic E-state index is 5.85. The van der Waals surface area contributed by atoms with E-state index in [1.807, 2.05) is 29.9 Å². The Morgan fingerprint density at radius 1 is 1.35 bits per heavy atom. The van der Waals surface area contributed by atoms with Crippen LogP contribution in [0.2, 0.25) is 0 Å². The number of ether oxygens (including phenoxy) is 2. The van der Waals surface area contributed by atoms with Gasteiger partial charge in [0.25, 0.3) is 0 Å². The molecule has 2 aromatic rings. The summed E-state index contributed by atoms with van der Waals surface area (Å²) >= 11 is 6.96. The number of hydrogen-bond donors (Lipinski definition) is 0. The van der Waals surface area contributed by atoms with Gasteiger partial charge in [0, 0.05) is 31.2 Å². The number of methoxy groups -OCH3 is 1. The lowest BCUT2D eigenvalue weighted by molar-refractivity contribution is 0.292. The van der Waals surface area contributed by atoms with Crippen LogP contribution in [0.3, 0.4) is 0 Å². The molecule has 0 atom stereocenters. The zero-order valence-electron chi connectivity index (χ0n) is 11.4. The average Bonchev–Trinajstić information content (AvgIpc) is 2.85. The second-order valence-electron chi connectivity index (χ2n) is 4.30. The van der Waals surface area contributed by atoms with E-state index in [0.29, 0.717) is 6.61 Å². The van der Waals surface area contributed by atoms with Crippen molar-refractivity contribution < 1.29 is 9.47 Å². The highest BCUT2D eigenvalue weighted by Crippen LogP contribution is 2.37. The molecule has 2 rings (SSSR count). The van der Waals surface area contributed by atoms with Gasteiger partial charge in [-0.25, -0.2) is 4.98 Å². The normalized spacial score (nSPS) is 10.6. The Hall–Kier alpha value is -1.01. The molecule has 20 heavy (non-hydrogen) atoms. The second-order valence-corrected chi connectivity index (χ2v) is 5.71. The van der Waals surface area contributed by atoms with Crippen LogP contribution in [0, 0.1) is 0 Å². The van der Waals surface area contributed by atoms with Gasteiger partial charge in [0.2, 0.25) is 0 Å². The van der Waals surface area contributed by atoms with E-state index < -0.39 is 0 Å². The van der Waals surface area contributed by atoms with E-state index in [-0.39, 0.29) is 0 Å². The lowest BCUT2D eigenvalue weighted by Gasteiger charge is -2.13. The quantitative estimate of drug-likeness (QED) is 0.690. The number of benzene rings is 1. The summed E-state index contributed by atoms with van der Waals surface area (Å²) in [4.78, 5) is 4.27. The van der Waals surface area contributed by atoms with E-state index in [2.05, 4.69) is 36.8 Å². The highest BCUT2D eigenvalue weighted by atomic mass is 79.9. The molecule has 0 aliphatic carbocycles. The number of halogens is 2. The largest absolute Gasteiger partial charge is 0.493 e. The van der Waals surface area contributed by atoms with Gasteiger partial charge in [0.15, 0.2) is 11.5 Å². The molecule has 0 bridgehead atoms. The average molecular weight is 404 g/mol. The smallest absolute Gasteiger partial charge is 0.175 e. The number of hydrogen-bond acceptors (Lipinski definition) is 3. The summed E-state index contributed by atoms with van der Waals surface area (Å²) in [5.41, 5.74) is 1.13. The third-order valence-corrected chi connectivity index (χ3v) is 4.17. The van der Waals surface area contributed by atoms with Gasteiger partial charge in [-0.15, -0.1) is 0 Å². The number of alkyl halides is 1. The number of aromatic nitrogens is 2. The molecule has 4 nitrogen and oxygen atoms in total. The van der Waals surface area contributed by atoms with Gasteiger partial charge >= 0.3 is 0 Å². The van der Waals surface area contributed by atoms with Gasteiger partial charge in [0.1, 0.15) is 5.82 Å². The molecule has 1 heterocycles. The number of aryl methyl sites for hydroxylation is 1. The summed E-state index contributed by atoms with van der Waals surface area (Å²) in [5, 5.41) is 0.773. The molecule has 0 radical (unpaired) electrons. The van der Waals surface area contributed by atoms with Gasteiger partial charge in [-0.2, -0.15) is 0 Å². The SMILES string of the molecule is COc1cc(CBr)cc(Br)c1OCCc1nccn1C. The standard InChI is InChI=1S/C14H16Br2N2O2/c1-18-5-4-17-13(18)3-6-20-14-11(16)7-10(9-15)8-12(14)19-2/h4-5,7-8H,3,6,9H2,1-2H3. The Morgan fingerprint density at radius 2 is 2.15 bits per heavy atom. The minimum atomic E-state index is 0.549. The van der Waals surface area contributed by atoms with Gasteiger partial charge < -0.3 is 14.0 Å². The van der Waals surface area contributed by atoms with Crippen molar-refractivity contribution in [2.45, 2.75) is 11.8 Å². The summed E-state index contributed by atoms with van der Waals surface area (Å²) in [5.74, 6) is 2.46. The van der Waals surface area contributed by atoms with Crippen LogP contribution in [0.15, 0.2) is 29.0 Å². The van der Waals surface area contributed by atoms with Crippen molar-refractivity contribution in [2.24, 2.45) is 7.05 Å². The molecule has 1 aromatic carbocycles. The Kier molecular flexibility index (Phi) is 5.48. The van der Waals surface area contributed by atoms with Crippen molar-refractivity contribution in [2.75, 3.05) is 13.7 Å². The zero-order chi connectivity index (χ0) is 14.5. The molecule has 0 amide bonds. The summed E-state index contributed by atoms with van der Waals surface area (Å²) in [7, 11) is 3.62. The van der Waals surface area contributed by atoms with Crippen molar-refractivity contribution in [1.82, 2.24) is 9.55 Å². The Labute approximate surface area is 135 Å². The van der Waals surface area contributed by atoms with E-state index >= 15 is 0 Å². The molecule has 0 saturated heterocycles. The molecule has 0 aliphatic heterocycles. The summed E-state index contributed by atoms with van der Waals surface area (Å²) in [6.07, 6.45) is 4.46. The van der Waals surface area contributed by atoms with E-state index in [9.17, 15) is 0 Å². The predicted molar refractivity (Wildman–Crippen MR) is 85.7 cm³/mol. The molecule has 0 aliphatic rings. The summed E-state index contributed by atoms with van der Waals surface area (Å²) in [6.45, 7) is 0.549. The van der Waals surface area contributed by atoms with Gasteiger partial charge in [-0.05, 0) is 33.6 Å². The molecular weight excluding hydrogens is 388 g/mol. The maximum absolute atomic E-state index is 5.85. The van der Waals surface area contributed by atoms with Crippen molar-refractivity contribution in [1.29, 1.82) is 0 Å². The molecule has 6 heteroatoms. The van der Waals surface area contributed by atoms with Gasteiger partial charge in [0.05, 0.1) is 18.2 Å². The first-order valence-electron chi connectivity index (χ1n) is 6.17. The number of nitrogens with zero attached hydrogens (tertiary/aromatic N) is 2. The van der Waals surface area contributed by atoms with E-state index in [0.717, 1.165) is 39.1 Å². The van der Waals surface area contributed by atoms with Crippen LogP contribution in [0.25, 0.3) is 0 Å². The minimum Gasteiger partial charge on any atom is -0.493 e. The fourth-order valence-corrected chi connectivity index (χ4v) is 2.80. The molecule has 0 saturated carbocycles. The summed E-state index contributed by atoms with van der Waals surface area (Å²) in [6, 6.07) is 3.99. The fourth-order valence-electron chi connectivity index (χ4n) is 1.87. The topological polar surface area (TPSA) is 36.3 Å². The fraction of sp³-hybridized carbons (Fsp3) is 0.357. The molecule has 0 N–H and O–H groups in total. The minimum absolute atomic E-state index is 0.549. The van der Waals surface area contributed by atoms with Crippen molar-refractivity contribution >= 4 is 31.9 Å². The van der Waals surface area contributed by atoms with E-state index in [4.69, 9.17) is 9.47 Å². The number of rotatable bonds is 6. The predicted octanol–water partition coefficient (Wildman–Crippen LogP) is 3.71. The van der Waals surface area contributed by atoms with Gasteiger partial charge in [-0.1, -0.05) is 15.9 Å². The lowest BCUT2D eigenvalue weighted by atomic mass is 10.2. The molecular formula is C14H16Br2N2O2. The van der Waals surface area contributed by atoms with Crippen LogP contribution in [0.4, 0.5) is 0 Å². The third kappa shape index (κ3) is 3.55. The third-order valence-electron chi connectivity index (χ3n) is 2.94. The highest BCUT2D eigenvalue weighted by molar-refractivity contribution is 9.10. The molecule has 0 unspecified atom stereocenters.